The zero-order valence-electron chi connectivity index (χ0n) is 11.5. The third-order valence-corrected chi connectivity index (χ3v) is 4.16. The van der Waals surface area contributed by atoms with Gasteiger partial charge in [-0.2, -0.15) is 0 Å². The van der Waals surface area contributed by atoms with Crippen molar-refractivity contribution in [3.8, 4) is 0 Å². The Kier molecular flexibility index (Phi) is 5.26. The molecule has 0 spiro atoms. The molecule has 0 aliphatic carbocycles. The van der Waals surface area contributed by atoms with Gasteiger partial charge in [-0.15, -0.1) is 0 Å². The molecule has 2 aliphatic rings. The Hall–Kier alpha value is -0.120. The number of ether oxygens (including phenoxy) is 1. The van der Waals surface area contributed by atoms with E-state index in [2.05, 4.69) is 17.1 Å². The van der Waals surface area contributed by atoms with Crippen molar-refractivity contribution in [3.63, 3.8) is 0 Å². The van der Waals surface area contributed by atoms with Crippen LogP contribution in [0.3, 0.4) is 0 Å². The van der Waals surface area contributed by atoms with Gasteiger partial charge < -0.3 is 15.0 Å². The lowest BCUT2D eigenvalue weighted by atomic mass is 10.0. The number of likely N-dealkylation sites (N-methyl/N-ethyl adjacent to an activating group) is 1. The molecule has 100 valence electrons. The number of rotatable bonds is 6. The number of hydrogen-bond acceptors (Lipinski definition) is 3. The molecule has 0 amide bonds. The first-order chi connectivity index (χ1) is 8.31. The molecule has 3 unspecified atom stereocenters. The molecule has 3 atom stereocenters. The SMILES string of the molecule is CCCC1CCN(CC2CCC(CNC)O2)C1. The topological polar surface area (TPSA) is 24.5 Å². The van der Waals surface area contributed by atoms with E-state index in [9.17, 15) is 0 Å². The van der Waals surface area contributed by atoms with Gasteiger partial charge >= 0.3 is 0 Å². The summed E-state index contributed by atoms with van der Waals surface area (Å²) in [6.07, 6.45) is 7.58. The molecule has 3 heteroatoms. The molecule has 0 radical (unpaired) electrons. The summed E-state index contributed by atoms with van der Waals surface area (Å²) in [6.45, 7) is 7.08. The van der Waals surface area contributed by atoms with Crippen molar-refractivity contribution in [1.82, 2.24) is 10.2 Å². The van der Waals surface area contributed by atoms with E-state index < -0.39 is 0 Å². The van der Waals surface area contributed by atoms with E-state index in [1.807, 2.05) is 7.05 Å². The van der Waals surface area contributed by atoms with Crippen LogP contribution >= 0.6 is 0 Å². The van der Waals surface area contributed by atoms with E-state index in [-0.39, 0.29) is 0 Å². The van der Waals surface area contributed by atoms with Crippen LogP contribution in [0.15, 0.2) is 0 Å². The fourth-order valence-electron chi connectivity index (χ4n) is 3.30. The molecular formula is C14H28N2O. The number of likely N-dealkylation sites (tertiary alicyclic amines) is 1. The third-order valence-electron chi connectivity index (χ3n) is 4.16. The molecule has 1 N–H and O–H groups in total. The predicted molar refractivity (Wildman–Crippen MR) is 71.3 cm³/mol. The van der Waals surface area contributed by atoms with Crippen LogP contribution in [0.1, 0.15) is 39.0 Å². The first-order valence-electron chi connectivity index (χ1n) is 7.34. The molecule has 3 nitrogen and oxygen atoms in total. The Balaban J connectivity index is 1.65. The summed E-state index contributed by atoms with van der Waals surface area (Å²) in [7, 11) is 2.01. The van der Waals surface area contributed by atoms with Gasteiger partial charge in [-0.1, -0.05) is 13.3 Å². The normalized spacial score (nSPS) is 34.6. The fourth-order valence-corrected chi connectivity index (χ4v) is 3.30. The fraction of sp³-hybridized carbons (Fsp3) is 1.00. The minimum absolute atomic E-state index is 0.457. The first kappa shape index (κ1) is 13.3. The van der Waals surface area contributed by atoms with Gasteiger partial charge in [0.25, 0.3) is 0 Å². The minimum atomic E-state index is 0.457. The average molecular weight is 240 g/mol. The van der Waals surface area contributed by atoms with Gasteiger partial charge in [-0.25, -0.2) is 0 Å². The molecule has 2 aliphatic heterocycles. The summed E-state index contributed by atoms with van der Waals surface area (Å²) < 4.78 is 6.05. The van der Waals surface area contributed by atoms with Gasteiger partial charge in [0, 0.05) is 19.6 Å². The zero-order chi connectivity index (χ0) is 12.1. The number of hydrogen-bond donors (Lipinski definition) is 1. The second kappa shape index (κ2) is 6.72. The molecule has 2 saturated heterocycles. The van der Waals surface area contributed by atoms with Crippen molar-refractivity contribution < 1.29 is 4.74 Å². The summed E-state index contributed by atoms with van der Waals surface area (Å²) >= 11 is 0. The van der Waals surface area contributed by atoms with E-state index in [0.717, 1.165) is 12.5 Å². The Morgan fingerprint density at radius 2 is 2.06 bits per heavy atom. The van der Waals surface area contributed by atoms with E-state index in [1.54, 1.807) is 0 Å². The van der Waals surface area contributed by atoms with E-state index >= 15 is 0 Å². The Morgan fingerprint density at radius 3 is 2.82 bits per heavy atom. The maximum absolute atomic E-state index is 6.05. The highest BCUT2D eigenvalue weighted by atomic mass is 16.5. The first-order valence-corrected chi connectivity index (χ1v) is 7.34. The summed E-state index contributed by atoms with van der Waals surface area (Å²) in [4.78, 5) is 2.62. The standard InChI is InChI=1S/C14H28N2O/c1-3-4-12-7-8-16(10-12)11-14-6-5-13(17-14)9-15-2/h12-15H,3-11H2,1-2H3. The van der Waals surface area contributed by atoms with E-state index in [0.29, 0.717) is 12.2 Å². The van der Waals surface area contributed by atoms with Crippen molar-refractivity contribution in [2.45, 2.75) is 51.2 Å². The molecule has 2 heterocycles. The highest BCUT2D eigenvalue weighted by Gasteiger charge is 2.29. The largest absolute Gasteiger partial charge is 0.372 e. The van der Waals surface area contributed by atoms with Crippen LogP contribution in [0.4, 0.5) is 0 Å². The molecule has 0 aromatic rings. The van der Waals surface area contributed by atoms with Crippen LogP contribution in [-0.4, -0.2) is 50.3 Å². The van der Waals surface area contributed by atoms with Gasteiger partial charge in [0.2, 0.25) is 0 Å². The monoisotopic (exact) mass is 240 g/mol. The summed E-state index contributed by atoms with van der Waals surface area (Å²) in [5, 5.41) is 3.21. The molecule has 2 fully saturated rings. The summed E-state index contributed by atoms with van der Waals surface area (Å²) in [5.41, 5.74) is 0. The summed E-state index contributed by atoms with van der Waals surface area (Å²) in [5.74, 6) is 0.953. The predicted octanol–water partition coefficient (Wildman–Crippen LogP) is 1.88. The van der Waals surface area contributed by atoms with Gasteiger partial charge in [0.15, 0.2) is 0 Å². The maximum Gasteiger partial charge on any atom is 0.0707 e. The maximum atomic E-state index is 6.05. The zero-order valence-corrected chi connectivity index (χ0v) is 11.5. The molecule has 0 aromatic carbocycles. The molecule has 0 saturated carbocycles. The lowest BCUT2D eigenvalue weighted by Crippen LogP contribution is -2.32. The van der Waals surface area contributed by atoms with Crippen LogP contribution in [0.5, 0.6) is 0 Å². The highest BCUT2D eigenvalue weighted by molar-refractivity contribution is 4.81. The second-order valence-corrected chi connectivity index (χ2v) is 5.72. The third kappa shape index (κ3) is 3.94. The molecule has 0 bridgehead atoms. The number of nitrogens with one attached hydrogen (secondary N) is 1. The van der Waals surface area contributed by atoms with Crippen molar-refractivity contribution >= 4 is 0 Å². The van der Waals surface area contributed by atoms with Gasteiger partial charge in [0.1, 0.15) is 0 Å². The van der Waals surface area contributed by atoms with Crippen LogP contribution in [0.2, 0.25) is 0 Å². The van der Waals surface area contributed by atoms with Crippen LogP contribution in [0, 0.1) is 5.92 Å². The molecular weight excluding hydrogens is 212 g/mol. The number of nitrogens with zero attached hydrogens (tertiary/aromatic N) is 1. The smallest absolute Gasteiger partial charge is 0.0707 e. The van der Waals surface area contributed by atoms with Crippen molar-refractivity contribution in [2.24, 2.45) is 5.92 Å². The Labute approximate surface area is 106 Å². The van der Waals surface area contributed by atoms with Crippen molar-refractivity contribution in [3.05, 3.63) is 0 Å². The molecule has 0 aromatic heterocycles. The van der Waals surface area contributed by atoms with Crippen molar-refractivity contribution in [2.75, 3.05) is 33.2 Å². The average Bonchev–Trinajstić information content (AvgIpc) is 2.91. The highest BCUT2D eigenvalue weighted by Crippen LogP contribution is 2.25. The van der Waals surface area contributed by atoms with E-state index in [1.165, 1.54) is 51.7 Å². The van der Waals surface area contributed by atoms with Crippen molar-refractivity contribution in [1.29, 1.82) is 0 Å². The Bertz CT molecular complexity index is 200. The van der Waals surface area contributed by atoms with Crippen LogP contribution < -0.4 is 5.32 Å². The molecule has 17 heavy (non-hydrogen) atoms. The minimum Gasteiger partial charge on any atom is -0.372 e. The van der Waals surface area contributed by atoms with Gasteiger partial charge in [0.05, 0.1) is 12.2 Å². The van der Waals surface area contributed by atoms with Gasteiger partial charge in [-0.05, 0) is 45.2 Å². The second-order valence-electron chi connectivity index (χ2n) is 5.72. The van der Waals surface area contributed by atoms with Crippen LogP contribution in [-0.2, 0) is 4.74 Å². The lowest BCUT2D eigenvalue weighted by molar-refractivity contribution is 0.0277. The summed E-state index contributed by atoms with van der Waals surface area (Å²) in [6, 6.07) is 0. The van der Waals surface area contributed by atoms with Gasteiger partial charge in [-0.3, -0.25) is 0 Å². The van der Waals surface area contributed by atoms with E-state index in [4.69, 9.17) is 4.74 Å². The lowest BCUT2D eigenvalue weighted by Gasteiger charge is -2.21. The molecule has 2 rings (SSSR count). The quantitative estimate of drug-likeness (QED) is 0.767. The Morgan fingerprint density at radius 1 is 1.24 bits per heavy atom. The van der Waals surface area contributed by atoms with Crippen LogP contribution in [0.25, 0.3) is 0 Å².